The predicted molar refractivity (Wildman–Crippen MR) is 158 cm³/mol. The topological polar surface area (TPSA) is 22.1 Å². The zero-order chi connectivity index (χ0) is 25.1. The van der Waals surface area contributed by atoms with E-state index in [4.69, 9.17) is 9.41 Å². The molecule has 0 radical (unpaired) electrons. The van der Waals surface area contributed by atoms with Crippen LogP contribution in [0.3, 0.4) is 0 Å². The second-order valence-corrected chi connectivity index (χ2v) is 19.8. The maximum absolute atomic E-state index is 6.68. The van der Waals surface area contributed by atoms with E-state index in [0.29, 0.717) is 0 Å². The normalized spacial score (nSPS) is 13.5. The lowest BCUT2D eigenvalue weighted by Gasteiger charge is -2.38. The molecule has 5 heteroatoms. The summed E-state index contributed by atoms with van der Waals surface area (Å²) < 4.78 is 6.68. The Morgan fingerprint density at radius 3 is 1.63 bits per heavy atom. The van der Waals surface area contributed by atoms with E-state index in [1.165, 1.54) is 15.9 Å². The summed E-state index contributed by atoms with van der Waals surface area (Å²) >= 11 is 1.74. The van der Waals surface area contributed by atoms with Crippen molar-refractivity contribution >= 4 is 42.8 Å². The van der Waals surface area contributed by atoms with Crippen LogP contribution in [0.25, 0.3) is 0 Å². The molecule has 3 aromatic carbocycles. The van der Waals surface area contributed by atoms with Gasteiger partial charge in [0.15, 0.2) is 8.32 Å². The number of hydrogen-bond acceptors (Lipinski definition) is 3. The zero-order valence-electron chi connectivity index (χ0n) is 21.7. The Kier molecular flexibility index (Phi) is 7.78. The second kappa shape index (κ2) is 10.5. The molecule has 0 aliphatic rings. The summed E-state index contributed by atoms with van der Waals surface area (Å²) in [6.07, 6.45) is 0.904. The van der Waals surface area contributed by atoms with Crippen LogP contribution in [0.1, 0.15) is 44.5 Å². The lowest BCUT2D eigenvalue weighted by Crippen LogP contribution is -2.41. The Hall–Kier alpha value is -2.10. The average molecular weight is 519 g/mol. The van der Waals surface area contributed by atoms with Gasteiger partial charge in [0.25, 0.3) is 0 Å². The van der Waals surface area contributed by atoms with Gasteiger partial charge in [0.05, 0.1) is 11.8 Å². The van der Waals surface area contributed by atoms with Gasteiger partial charge in [-0.1, -0.05) is 75.4 Å². The SMILES string of the molecule is CC(O[Si](C)(C)C(C)(C)C)c1nc(C[P+](c2ccccc2)(c2ccccc2)c2ccccc2)cs1. The Labute approximate surface area is 216 Å². The van der Waals surface area contributed by atoms with Gasteiger partial charge in [-0.25, -0.2) is 4.98 Å². The summed E-state index contributed by atoms with van der Waals surface area (Å²) in [7, 11) is -3.82. The minimum atomic E-state index is -1.95. The third-order valence-electron chi connectivity index (χ3n) is 7.18. The minimum Gasteiger partial charge on any atom is -0.408 e. The molecule has 1 heterocycles. The average Bonchev–Trinajstić information content (AvgIpc) is 3.32. The third kappa shape index (κ3) is 5.52. The van der Waals surface area contributed by atoms with Crippen LogP contribution in [0.15, 0.2) is 96.4 Å². The Bertz CT molecular complexity index is 1120. The molecule has 0 bridgehead atoms. The summed E-state index contributed by atoms with van der Waals surface area (Å²) in [5.74, 6) is 0. The molecule has 2 nitrogen and oxygen atoms in total. The fourth-order valence-electron chi connectivity index (χ4n) is 4.26. The molecule has 1 aromatic heterocycles. The first kappa shape index (κ1) is 26.0. The van der Waals surface area contributed by atoms with Crippen molar-refractivity contribution in [1.82, 2.24) is 4.98 Å². The summed E-state index contributed by atoms with van der Waals surface area (Å²) in [5, 5.41) is 7.67. The van der Waals surface area contributed by atoms with Crippen molar-refractivity contribution in [3.8, 4) is 0 Å². The van der Waals surface area contributed by atoms with Gasteiger partial charge in [0.2, 0.25) is 0 Å². The summed E-state index contributed by atoms with van der Waals surface area (Å²) in [4.78, 5) is 5.18. The van der Waals surface area contributed by atoms with Crippen LogP contribution in [0, 0.1) is 0 Å². The van der Waals surface area contributed by atoms with Gasteiger partial charge in [-0.05, 0) is 61.5 Å². The number of aromatic nitrogens is 1. The van der Waals surface area contributed by atoms with Crippen LogP contribution < -0.4 is 15.9 Å². The quantitative estimate of drug-likeness (QED) is 0.176. The molecular weight excluding hydrogens is 481 g/mol. The predicted octanol–water partition coefficient (Wildman–Crippen LogP) is 7.72. The molecule has 0 amide bonds. The zero-order valence-corrected chi connectivity index (χ0v) is 24.4. The van der Waals surface area contributed by atoms with Gasteiger partial charge in [0.1, 0.15) is 34.3 Å². The molecule has 35 heavy (non-hydrogen) atoms. The second-order valence-electron chi connectivity index (χ2n) is 10.7. The van der Waals surface area contributed by atoms with Crippen molar-refractivity contribution in [1.29, 1.82) is 0 Å². The Balaban J connectivity index is 1.77. The lowest BCUT2D eigenvalue weighted by molar-refractivity contribution is 0.202. The van der Waals surface area contributed by atoms with Gasteiger partial charge in [-0.3, -0.25) is 0 Å². The van der Waals surface area contributed by atoms with E-state index in [0.717, 1.165) is 16.9 Å². The first-order valence-corrected chi connectivity index (χ1v) is 18.1. The summed E-state index contributed by atoms with van der Waals surface area (Å²) in [6, 6.07) is 33.1. The monoisotopic (exact) mass is 518 g/mol. The van der Waals surface area contributed by atoms with Crippen LogP contribution in [0.4, 0.5) is 0 Å². The van der Waals surface area contributed by atoms with Gasteiger partial charge in [-0.2, -0.15) is 0 Å². The molecule has 0 fully saturated rings. The molecule has 4 rings (SSSR count). The van der Waals surface area contributed by atoms with E-state index < -0.39 is 15.6 Å². The van der Waals surface area contributed by atoms with Gasteiger partial charge >= 0.3 is 0 Å². The van der Waals surface area contributed by atoms with Crippen molar-refractivity contribution in [2.24, 2.45) is 0 Å². The summed E-state index contributed by atoms with van der Waals surface area (Å²) in [6.45, 7) is 13.7. The Morgan fingerprint density at radius 2 is 1.23 bits per heavy atom. The van der Waals surface area contributed by atoms with Crippen LogP contribution in [0.2, 0.25) is 18.1 Å². The van der Waals surface area contributed by atoms with Crippen molar-refractivity contribution in [2.75, 3.05) is 0 Å². The van der Waals surface area contributed by atoms with Gasteiger partial charge < -0.3 is 4.43 Å². The smallest absolute Gasteiger partial charge is 0.193 e. The highest BCUT2D eigenvalue weighted by molar-refractivity contribution is 7.95. The van der Waals surface area contributed by atoms with E-state index in [-0.39, 0.29) is 11.1 Å². The van der Waals surface area contributed by atoms with Gasteiger partial charge in [0, 0.05) is 5.38 Å². The van der Waals surface area contributed by atoms with E-state index in [1.54, 1.807) is 11.3 Å². The molecule has 0 N–H and O–H groups in total. The molecule has 0 saturated heterocycles. The minimum absolute atomic E-state index is 0.00699. The Morgan fingerprint density at radius 1 is 0.800 bits per heavy atom. The highest BCUT2D eigenvalue weighted by atomic mass is 32.1. The molecule has 0 aliphatic heterocycles. The van der Waals surface area contributed by atoms with Crippen LogP contribution >= 0.6 is 18.6 Å². The highest BCUT2D eigenvalue weighted by Crippen LogP contribution is 2.58. The number of nitrogens with zero attached hydrogens (tertiary/aromatic N) is 1. The molecule has 1 atom stereocenters. The van der Waals surface area contributed by atoms with E-state index in [2.05, 4.69) is 137 Å². The largest absolute Gasteiger partial charge is 0.408 e. The maximum Gasteiger partial charge on any atom is 0.193 e. The van der Waals surface area contributed by atoms with Gasteiger partial charge in [-0.15, -0.1) is 11.3 Å². The number of thiazole rings is 1. The number of rotatable bonds is 8. The summed E-state index contributed by atoms with van der Waals surface area (Å²) in [5.41, 5.74) is 1.15. The lowest BCUT2D eigenvalue weighted by atomic mass is 10.2. The van der Waals surface area contributed by atoms with Crippen molar-refractivity contribution in [3.05, 3.63) is 107 Å². The molecule has 0 saturated carbocycles. The number of benzene rings is 3. The third-order valence-corrected chi connectivity index (χ3v) is 17.1. The molecule has 4 aromatic rings. The van der Waals surface area contributed by atoms with E-state index in [1.807, 2.05) is 0 Å². The van der Waals surface area contributed by atoms with Crippen molar-refractivity contribution < 1.29 is 4.43 Å². The van der Waals surface area contributed by atoms with Crippen LogP contribution in [-0.4, -0.2) is 13.3 Å². The van der Waals surface area contributed by atoms with Crippen molar-refractivity contribution in [2.45, 2.75) is 58.1 Å². The number of hydrogen-bond donors (Lipinski definition) is 0. The first-order chi connectivity index (χ1) is 16.6. The fraction of sp³-hybridized carbons (Fsp3) is 0.300. The fourth-order valence-corrected chi connectivity index (χ4v) is 10.8. The van der Waals surface area contributed by atoms with E-state index >= 15 is 0 Å². The van der Waals surface area contributed by atoms with Crippen LogP contribution in [0.5, 0.6) is 0 Å². The van der Waals surface area contributed by atoms with Crippen molar-refractivity contribution in [3.63, 3.8) is 0 Å². The maximum atomic E-state index is 6.68. The standard InChI is InChI=1S/C30H37NOPSSi/c1-24(32-35(5,6)30(2,3)4)29-31-25(23-34-29)22-33(26-16-10-7-11-17-26,27-18-12-8-13-19-27)28-20-14-9-15-21-28/h7-21,23-24H,22H2,1-6H3/q+1. The van der Waals surface area contributed by atoms with E-state index in [9.17, 15) is 0 Å². The molecule has 0 spiro atoms. The molecular formula is C30H37NOPSSi+. The van der Waals surface area contributed by atoms with Crippen LogP contribution in [-0.2, 0) is 10.6 Å². The first-order valence-electron chi connectivity index (χ1n) is 12.3. The molecule has 0 aliphatic carbocycles. The highest BCUT2D eigenvalue weighted by Gasteiger charge is 2.46. The molecule has 1 unspecified atom stereocenters. The molecule has 182 valence electrons.